The van der Waals surface area contributed by atoms with Crippen LogP contribution >= 0.6 is 0 Å². The van der Waals surface area contributed by atoms with E-state index in [-0.39, 0.29) is 0 Å². The van der Waals surface area contributed by atoms with E-state index in [2.05, 4.69) is 9.62 Å². The van der Waals surface area contributed by atoms with Gasteiger partial charge in [0.25, 0.3) is 10.0 Å². The lowest BCUT2D eigenvalue weighted by atomic mass is 10.2. The van der Waals surface area contributed by atoms with E-state index in [0.717, 1.165) is 44.0 Å². The summed E-state index contributed by atoms with van der Waals surface area (Å²) in [7, 11) is -3.58. The van der Waals surface area contributed by atoms with Crippen molar-refractivity contribution < 1.29 is 13.2 Å². The number of rotatable bonds is 5. The highest BCUT2D eigenvalue weighted by Crippen LogP contribution is 2.20. The summed E-state index contributed by atoms with van der Waals surface area (Å²) in [6.45, 7) is 5.89. The van der Waals surface area contributed by atoms with Gasteiger partial charge in [-0.1, -0.05) is 30.3 Å². The fraction of sp³-hybridized carbons (Fsp3) is 0.333. The SMILES string of the molecule is Cc1ccccc1S(=O)(=O)Nc1cccc(CN2CCOCC2)c1. The Balaban J connectivity index is 1.75. The van der Waals surface area contributed by atoms with Gasteiger partial charge in [-0.2, -0.15) is 0 Å². The van der Waals surface area contributed by atoms with Gasteiger partial charge in [0.2, 0.25) is 0 Å². The molecule has 0 atom stereocenters. The topological polar surface area (TPSA) is 58.6 Å². The number of sulfonamides is 1. The molecule has 128 valence electrons. The molecule has 3 rings (SSSR count). The maximum absolute atomic E-state index is 12.6. The molecule has 0 amide bonds. The Kier molecular flexibility index (Phi) is 5.18. The number of nitrogens with zero attached hydrogens (tertiary/aromatic N) is 1. The highest BCUT2D eigenvalue weighted by molar-refractivity contribution is 7.92. The molecule has 2 aromatic rings. The molecule has 6 heteroatoms. The van der Waals surface area contributed by atoms with E-state index in [1.807, 2.05) is 24.3 Å². The Morgan fingerprint density at radius 1 is 1.08 bits per heavy atom. The first-order chi connectivity index (χ1) is 11.5. The zero-order valence-corrected chi connectivity index (χ0v) is 14.6. The van der Waals surface area contributed by atoms with Gasteiger partial charge < -0.3 is 4.74 Å². The van der Waals surface area contributed by atoms with Crippen molar-refractivity contribution in [1.29, 1.82) is 0 Å². The summed E-state index contributed by atoms with van der Waals surface area (Å²) >= 11 is 0. The predicted octanol–water partition coefficient (Wildman–Crippen LogP) is 2.63. The standard InChI is InChI=1S/C18H22N2O3S/c1-15-5-2-3-8-18(15)24(21,22)19-17-7-4-6-16(13-17)14-20-9-11-23-12-10-20/h2-8,13,19H,9-12,14H2,1H3. The molecule has 0 unspecified atom stereocenters. The summed E-state index contributed by atoms with van der Waals surface area (Å²) < 4.78 is 33.2. The van der Waals surface area contributed by atoms with Crippen molar-refractivity contribution >= 4 is 15.7 Å². The Morgan fingerprint density at radius 2 is 1.83 bits per heavy atom. The van der Waals surface area contributed by atoms with Crippen molar-refractivity contribution in [3.63, 3.8) is 0 Å². The normalized spacial score (nSPS) is 16.0. The third-order valence-corrected chi connectivity index (χ3v) is 5.61. The summed E-state index contributed by atoms with van der Waals surface area (Å²) in [6.07, 6.45) is 0. The molecule has 1 saturated heterocycles. The van der Waals surface area contributed by atoms with Gasteiger partial charge >= 0.3 is 0 Å². The molecule has 1 aliphatic heterocycles. The average Bonchev–Trinajstić information content (AvgIpc) is 2.56. The molecule has 0 radical (unpaired) electrons. The fourth-order valence-corrected chi connectivity index (χ4v) is 4.12. The molecule has 0 aliphatic carbocycles. The number of hydrogen-bond donors (Lipinski definition) is 1. The van der Waals surface area contributed by atoms with Crippen LogP contribution in [0.1, 0.15) is 11.1 Å². The summed E-state index contributed by atoms with van der Waals surface area (Å²) in [4.78, 5) is 2.61. The first-order valence-corrected chi connectivity index (χ1v) is 9.50. The molecule has 0 aromatic heterocycles. The summed E-state index contributed by atoms with van der Waals surface area (Å²) in [6, 6.07) is 14.5. The second-order valence-corrected chi connectivity index (χ2v) is 7.61. The highest BCUT2D eigenvalue weighted by Gasteiger charge is 2.17. The van der Waals surface area contributed by atoms with Crippen LogP contribution in [-0.4, -0.2) is 39.6 Å². The summed E-state index contributed by atoms with van der Waals surface area (Å²) in [5, 5.41) is 0. The second kappa shape index (κ2) is 7.34. The molecule has 0 bridgehead atoms. The van der Waals surface area contributed by atoms with Crippen LogP contribution in [0.15, 0.2) is 53.4 Å². The third kappa shape index (κ3) is 4.14. The van der Waals surface area contributed by atoms with Crippen molar-refractivity contribution in [3.05, 3.63) is 59.7 Å². The van der Waals surface area contributed by atoms with Crippen LogP contribution in [0, 0.1) is 6.92 Å². The zero-order valence-electron chi connectivity index (χ0n) is 13.7. The Labute approximate surface area is 143 Å². The van der Waals surface area contributed by atoms with E-state index in [9.17, 15) is 8.42 Å². The highest BCUT2D eigenvalue weighted by atomic mass is 32.2. The Morgan fingerprint density at radius 3 is 2.58 bits per heavy atom. The number of anilines is 1. The van der Waals surface area contributed by atoms with Gasteiger partial charge in [0.1, 0.15) is 0 Å². The Bertz CT molecular complexity index is 799. The molecule has 1 aliphatic rings. The molecule has 5 nitrogen and oxygen atoms in total. The molecule has 1 heterocycles. The van der Waals surface area contributed by atoms with E-state index in [0.29, 0.717) is 10.6 Å². The van der Waals surface area contributed by atoms with E-state index in [1.54, 1.807) is 31.2 Å². The van der Waals surface area contributed by atoms with Crippen LogP contribution < -0.4 is 4.72 Å². The van der Waals surface area contributed by atoms with Crippen molar-refractivity contribution in [3.8, 4) is 0 Å². The molecule has 0 saturated carbocycles. The molecule has 0 spiro atoms. The smallest absolute Gasteiger partial charge is 0.262 e. The fourth-order valence-electron chi connectivity index (χ4n) is 2.82. The number of morpholine rings is 1. The van der Waals surface area contributed by atoms with E-state index in [1.165, 1.54) is 0 Å². The number of nitrogens with one attached hydrogen (secondary N) is 1. The first kappa shape index (κ1) is 17.0. The lowest BCUT2D eigenvalue weighted by molar-refractivity contribution is 0.0342. The van der Waals surface area contributed by atoms with Gasteiger partial charge in [0.05, 0.1) is 18.1 Å². The van der Waals surface area contributed by atoms with Gasteiger partial charge in [-0.3, -0.25) is 9.62 Å². The van der Waals surface area contributed by atoms with E-state index < -0.39 is 10.0 Å². The lowest BCUT2D eigenvalue weighted by Crippen LogP contribution is -2.35. The van der Waals surface area contributed by atoms with Gasteiger partial charge in [-0.05, 0) is 36.2 Å². The van der Waals surface area contributed by atoms with Crippen molar-refractivity contribution in [2.45, 2.75) is 18.4 Å². The van der Waals surface area contributed by atoms with Gasteiger partial charge in [0, 0.05) is 25.3 Å². The first-order valence-electron chi connectivity index (χ1n) is 8.02. The van der Waals surface area contributed by atoms with E-state index in [4.69, 9.17) is 4.74 Å². The minimum Gasteiger partial charge on any atom is -0.379 e. The number of benzene rings is 2. The van der Waals surface area contributed by atoms with Crippen molar-refractivity contribution in [1.82, 2.24) is 4.90 Å². The van der Waals surface area contributed by atoms with Crippen LogP contribution in [-0.2, 0) is 21.3 Å². The van der Waals surface area contributed by atoms with Gasteiger partial charge in [0.15, 0.2) is 0 Å². The van der Waals surface area contributed by atoms with Crippen molar-refractivity contribution in [2.75, 3.05) is 31.0 Å². The van der Waals surface area contributed by atoms with Crippen LogP contribution in [0.25, 0.3) is 0 Å². The van der Waals surface area contributed by atoms with E-state index >= 15 is 0 Å². The monoisotopic (exact) mass is 346 g/mol. The Hall–Kier alpha value is -1.89. The predicted molar refractivity (Wildman–Crippen MR) is 94.5 cm³/mol. The van der Waals surface area contributed by atoms with Crippen molar-refractivity contribution in [2.24, 2.45) is 0 Å². The molecule has 1 fully saturated rings. The largest absolute Gasteiger partial charge is 0.379 e. The summed E-state index contributed by atoms with van der Waals surface area (Å²) in [5.74, 6) is 0. The maximum Gasteiger partial charge on any atom is 0.262 e. The quantitative estimate of drug-likeness (QED) is 0.904. The summed E-state index contributed by atoms with van der Waals surface area (Å²) in [5.41, 5.74) is 2.40. The lowest BCUT2D eigenvalue weighted by Gasteiger charge is -2.26. The second-order valence-electron chi connectivity index (χ2n) is 5.96. The van der Waals surface area contributed by atoms with Crippen LogP contribution in [0.2, 0.25) is 0 Å². The molecule has 24 heavy (non-hydrogen) atoms. The molecule has 2 aromatic carbocycles. The number of ether oxygens (including phenoxy) is 1. The number of aryl methyl sites for hydroxylation is 1. The maximum atomic E-state index is 12.6. The van der Waals surface area contributed by atoms with Crippen LogP contribution in [0.4, 0.5) is 5.69 Å². The number of hydrogen-bond acceptors (Lipinski definition) is 4. The molecule has 1 N–H and O–H groups in total. The third-order valence-electron chi connectivity index (χ3n) is 4.07. The van der Waals surface area contributed by atoms with Gasteiger partial charge in [-0.25, -0.2) is 8.42 Å². The zero-order chi connectivity index (χ0) is 17.0. The minimum atomic E-state index is -3.58. The van der Waals surface area contributed by atoms with Crippen LogP contribution in [0.3, 0.4) is 0 Å². The minimum absolute atomic E-state index is 0.309. The average molecular weight is 346 g/mol. The molecular formula is C18H22N2O3S. The van der Waals surface area contributed by atoms with Gasteiger partial charge in [-0.15, -0.1) is 0 Å². The van der Waals surface area contributed by atoms with Crippen LogP contribution in [0.5, 0.6) is 0 Å². The molecular weight excluding hydrogens is 324 g/mol.